The third kappa shape index (κ3) is 3.14. The monoisotopic (exact) mass is 281 g/mol. The molecule has 1 aromatic heterocycles. The van der Waals surface area contributed by atoms with Gasteiger partial charge in [0, 0.05) is 11.1 Å². The Labute approximate surface area is 120 Å². The SMILES string of the molecule is O=C(Nc1cccc(F)c1)Nc1cnc2ccccc2c1. The Morgan fingerprint density at radius 2 is 1.76 bits per heavy atom. The number of halogens is 1. The van der Waals surface area contributed by atoms with Crippen LogP contribution in [0.3, 0.4) is 0 Å². The summed E-state index contributed by atoms with van der Waals surface area (Å²) < 4.78 is 13.0. The summed E-state index contributed by atoms with van der Waals surface area (Å²) in [6.45, 7) is 0. The molecule has 0 atom stereocenters. The van der Waals surface area contributed by atoms with Gasteiger partial charge in [-0.2, -0.15) is 0 Å². The third-order valence-corrected chi connectivity index (χ3v) is 2.93. The standard InChI is InChI=1S/C16H12FN3O/c17-12-5-3-6-13(9-12)19-16(21)20-14-8-11-4-1-2-7-15(11)18-10-14/h1-10H,(H2,19,20,21). The first-order valence-corrected chi connectivity index (χ1v) is 6.39. The zero-order valence-corrected chi connectivity index (χ0v) is 11.0. The Hall–Kier alpha value is -2.95. The lowest BCUT2D eigenvalue weighted by Gasteiger charge is -2.08. The molecular formula is C16H12FN3O. The van der Waals surface area contributed by atoms with Gasteiger partial charge in [-0.15, -0.1) is 0 Å². The van der Waals surface area contributed by atoms with E-state index in [1.807, 2.05) is 30.3 Å². The van der Waals surface area contributed by atoms with Gasteiger partial charge in [0.2, 0.25) is 0 Å². The van der Waals surface area contributed by atoms with Gasteiger partial charge in [-0.3, -0.25) is 4.98 Å². The molecule has 1 heterocycles. The van der Waals surface area contributed by atoms with Crippen LogP contribution in [-0.2, 0) is 0 Å². The molecule has 2 N–H and O–H groups in total. The van der Waals surface area contributed by atoms with Gasteiger partial charge in [0.05, 0.1) is 17.4 Å². The van der Waals surface area contributed by atoms with E-state index in [0.29, 0.717) is 11.4 Å². The molecule has 0 aliphatic carbocycles. The Balaban J connectivity index is 1.74. The number of para-hydroxylation sites is 1. The van der Waals surface area contributed by atoms with E-state index in [-0.39, 0.29) is 0 Å². The number of hydrogen-bond donors (Lipinski definition) is 2. The minimum Gasteiger partial charge on any atom is -0.308 e. The fourth-order valence-electron chi connectivity index (χ4n) is 2.00. The number of carbonyl (C=O) groups is 1. The molecule has 2 aromatic carbocycles. The van der Waals surface area contributed by atoms with E-state index < -0.39 is 11.8 Å². The maximum atomic E-state index is 13.0. The molecular weight excluding hydrogens is 269 g/mol. The highest BCUT2D eigenvalue weighted by atomic mass is 19.1. The number of rotatable bonds is 2. The fourth-order valence-corrected chi connectivity index (χ4v) is 2.00. The molecule has 21 heavy (non-hydrogen) atoms. The highest BCUT2D eigenvalue weighted by Gasteiger charge is 2.04. The van der Waals surface area contributed by atoms with Gasteiger partial charge in [-0.05, 0) is 30.3 Å². The number of anilines is 2. The molecule has 3 aromatic rings. The molecule has 5 heteroatoms. The predicted octanol–water partition coefficient (Wildman–Crippen LogP) is 4.02. The zero-order valence-electron chi connectivity index (χ0n) is 11.0. The van der Waals surface area contributed by atoms with E-state index in [1.165, 1.54) is 18.2 Å². The van der Waals surface area contributed by atoms with Crippen molar-refractivity contribution in [1.29, 1.82) is 0 Å². The topological polar surface area (TPSA) is 54.0 Å². The van der Waals surface area contributed by atoms with Gasteiger partial charge in [0.1, 0.15) is 5.82 Å². The van der Waals surface area contributed by atoms with Crippen LogP contribution in [0.4, 0.5) is 20.6 Å². The minimum absolute atomic E-state index is 0.390. The van der Waals surface area contributed by atoms with Crippen LogP contribution in [0.25, 0.3) is 10.9 Å². The lowest BCUT2D eigenvalue weighted by molar-refractivity contribution is 0.262. The highest BCUT2D eigenvalue weighted by molar-refractivity contribution is 6.00. The van der Waals surface area contributed by atoms with Crippen molar-refractivity contribution in [3.8, 4) is 0 Å². The van der Waals surface area contributed by atoms with Gasteiger partial charge in [-0.25, -0.2) is 9.18 Å². The first-order valence-electron chi connectivity index (χ1n) is 6.39. The van der Waals surface area contributed by atoms with E-state index in [0.717, 1.165) is 10.9 Å². The number of amides is 2. The molecule has 0 aliphatic heterocycles. The third-order valence-electron chi connectivity index (χ3n) is 2.93. The molecule has 0 aliphatic rings. The molecule has 0 saturated carbocycles. The van der Waals surface area contributed by atoms with Crippen molar-refractivity contribution in [1.82, 2.24) is 4.98 Å². The number of fused-ring (bicyclic) bond motifs is 1. The number of urea groups is 1. The van der Waals surface area contributed by atoms with Crippen molar-refractivity contribution in [2.45, 2.75) is 0 Å². The predicted molar refractivity (Wildman–Crippen MR) is 80.8 cm³/mol. The van der Waals surface area contributed by atoms with Crippen LogP contribution >= 0.6 is 0 Å². The maximum absolute atomic E-state index is 13.0. The molecule has 0 unspecified atom stereocenters. The molecule has 0 radical (unpaired) electrons. The van der Waals surface area contributed by atoms with Crippen molar-refractivity contribution in [3.63, 3.8) is 0 Å². The summed E-state index contributed by atoms with van der Waals surface area (Å²) in [5.41, 5.74) is 1.82. The summed E-state index contributed by atoms with van der Waals surface area (Å²) in [6, 6.07) is 14.7. The quantitative estimate of drug-likeness (QED) is 0.745. The van der Waals surface area contributed by atoms with E-state index in [4.69, 9.17) is 0 Å². The molecule has 0 spiro atoms. The summed E-state index contributed by atoms with van der Waals surface area (Å²) in [5.74, 6) is -0.403. The van der Waals surface area contributed by atoms with Crippen LogP contribution in [0.15, 0.2) is 60.8 Å². The first-order chi connectivity index (χ1) is 10.2. The van der Waals surface area contributed by atoms with E-state index >= 15 is 0 Å². The molecule has 0 bridgehead atoms. The Morgan fingerprint density at radius 3 is 2.62 bits per heavy atom. The second-order valence-corrected chi connectivity index (χ2v) is 4.51. The normalized spacial score (nSPS) is 10.3. The number of hydrogen-bond acceptors (Lipinski definition) is 2. The van der Waals surface area contributed by atoms with E-state index in [9.17, 15) is 9.18 Å². The zero-order chi connectivity index (χ0) is 14.7. The Morgan fingerprint density at radius 1 is 0.952 bits per heavy atom. The Bertz CT molecular complexity index is 804. The maximum Gasteiger partial charge on any atom is 0.323 e. The molecule has 0 fully saturated rings. The lowest BCUT2D eigenvalue weighted by atomic mass is 10.2. The number of benzene rings is 2. The molecule has 104 valence electrons. The van der Waals surface area contributed by atoms with E-state index in [1.54, 1.807) is 12.3 Å². The van der Waals surface area contributed by atoms with Crippen molar-refractivity contribution >= 4 is 28.3 Å². The number of carbonyl (C=O) groups excluding carboxylic acids is 1. The minimum atomic E-state index is -0.447. The summed E-state index contributed by atoms with van der Waals surface area (Å²) in [5, 5.41) is 6.16. The van der Waals surface area contributed by atoms with Crippen molar-refractivity contribution < 1.29 is 9.18 Å². The van der Waals surface area contributed by atoms with Gasteiger partial charge >= 0.3 is 6.03 Å². The van der Waals surface area contributed by atoms with Crippen molar-refractivity contribution in [3.05, 3.63) is 66.6 Å². The smallest absolute Gasteiger partial charge is 0.308 e. The Kier molecular flexibility index (Phi) is 3.47. The van der Waals surface area contributed by atoms with Crippen LogP contribution < -0.4 is 10.6 Å². The second-order valence-electron chi connectivity index (χ2n) is 4.51. The van der Waals surface area contributed by atoms with Gasteiger partial charge in [-0.1, -0.05) is 24.3 Å². The van der Waals surface area contributed by atoms with Gasteiger partial charge < -0.3 is 10.6 Å². The fraction of sp³-hybridized carbons (Fsp3) is 0. The van der Waals surface area contributed by atoms with Crippen LogP contribution in [0.2, 0.25) is 0 Å². The van der Waals surface area contributed by atoms with Crippen LogP contribution in [0.1, 0.15) is 0 Å². The molecule has 3 rings (SSSR count). The number of aromatic nitrogens is 1. The van der Waals surface area contributed by atoms with Crippen molar-refractivity contribution in [2.24, 2.45) is 0 Å². The summed E-state index contributed by atoms with van der Waals surface area (Å²) in [4.78, 5) is 16.1. The van der Waals surface area contributed by atoms with Gasteiger partial charge in [0.15, 0.2) is 0 Å². The van der Waals surface area contributed by atoms with Crippen LogP contribution in [0.5, 0.6) is 0 Å². The lowest BCUT2D eigenvalue weighted by Crippen LogP contribution is -2.19. The van der Waals surface area contributed by atoms with Crippen LogP contribution in [-0.4, -0.2) is 11.0 Å². The highest BCUT2D eigenvalue weighted by Crippen LogP contribution is 2.16. The molecule has 2 amide bonds. The second kappa shape index (κ2) is 5.58. The summed E-state index contributed by atoms with van der Waals surface area (Å²) in [7, 11) is 0. The van der Waals surface area contributed by atoms with Crippen LogP contribution in [0, 0.1) is 5.82 Å². The van der Waals surface area contributed by atoms with Gasteiger partial charge in [0.25, 0.3) is 0 Å². The average Bonchev–Trinajstić information content (AvgIpc) is 2.47. The van der Waals surface area contributed by atoms with Crippen molar-refractivity contribution in [2.75, 3.05) is 10.6 Å². The molecule has 0 saturated heterocycles. The van der Waals surface area contributed by atoms with E-state index in [2.05, 4.69) is 15.6 Å². The first kappa shape index (κ1) is 13.1. The summed E-state index contributed by atoms with van der Waals surface area (Å²) in [6.07, 6.45) is 1.58. The number of nitrogens with zero attached hydrogens (tertiary/aromatic N) is 1. The largest absolute Gasteiger partial charge is 0.323 e. The summed E-state index contributed by atoms with van der Waals surface area (Å²) >= 11 is 0. The number of nitrogens with one attached hydrogen (secondary N) is 2. The number of pyridine rings is 1. The average molecular weight is 281 g/mol. The molecule has 4 nitrogen and oxygen atoms in total.